The summed E-state index contributed by atoms with van der Waals surface area (Å²) in [7, 11) is 0. The number of rotatable bonds is 5. The van der Waals surface area contributed by atoms with Crippen LogP contribution in [0.15, 0.2) is 4.79 Å². The van der Waals surface area contributed by atoms with Gasteiger partial charge in [-0.2, -0.15) is 5.10 Å². The largest absolute Gasteiger partial charge is 0.309 e. The number of fused-ring (bicyclic) bond motifs is 1. The Labute approximate surface area is 112 Å². The Kier molecular flexibility index (Phi) is 4.02. The van der Waals surface area contributed by atoms with Gasteiger partial charge in [0.1, 0.15) is 11.3 Å². The Bertz CT molecular complexity index is 611. The zero-order valence-electron chi connectivity index (χ0n) is 12.1. The molecule has 104 valence electrons. The minimum atomic E-state index is -0.144. The van der Waals surface area contributed by atoms with E-state index in [4.69, 9.17) is 0 Å². The minimum Gasteiger partial charge on any atom is -0.309 e. The summed E-state index contributed by atoms with van der Waals surface area (Å²) >= 11 is 0. The van der Waals surface area contributed by atoms with Gasteiger partial charge in [0.2, 0.25) is 0 Å². The normalized spacial score (nSPS) is 13.3. The van der Waals surface area contributed by atoms with Crippen LogP contribution in [0.4, 0.5) is 0 Å². The molecule has 0 aliphatic carbocycles. The van der Waals surface area contributed by atoms with Crippen LogP contribution in [0, 0.1) is 11.8 Å². The average Bonchev–Trinajstić information content (AvgIpc) is 2.72. The van der Waals surface area contributed by atoms with Crippen LogP contribution >= 0.6 is 0 Å². The number of nitrogens with one attached hydrogen (secondary N) is 2. The molecule has 0 aromatic carbocycles. The molecule has 19 heavy (non-hydrogen) atoms. The number of hydrogen-bond acceptors (Lipinski definition) is 3. The first-order chi connectivity index (χ1) is 9.01. The van der Waals surface area contributed by atoms with Gasteiger partial charge in [-0.15, -0.1) is 0 Å². The van der Waals surface area contributed by atoms with Crippen LogP contribution in [0.1, 0.15) is 45.6 Å². The molecule has 0 saturated carbocycles. The standard InChI is InChI=1S/C14H22N4O/c1-5-9(4)7-11-15-12-10(6-8(2)3)17-18-13(12)14(19)16-11/h8-9H,5-7H2,1-4H3,(H,17,18)(H,15,16,19). The molecular formula is C14H22N4O. The second-order valence-corrected chi connectivity index (χ2v) is 5.73. The maximum Gasteiger partial charge on any atom is 0.279 e. The Morgan fingerprint density at radius 2 is 1.89 bits per heavy atom. The molecule has 1 atom stereocenters. The van der Waals surface area contributed by atoms with Crippen LogP contribution in [-0.4, -0.2) is 20.2 Å². The predicted octanol–water partition coefficient (Wildman–Crippen LogP) is 2.43. The van der Waals surface area contributed by atoms with Gasteiger partial charge in [-0.3, -0.25) is 9.89 Å². The first kappa shape index (κ1) is 13.8. The molecule has 1 unspecified atom stereocenters. The van der Waals surface area contributed by atoms with Crippen LogP contribution < -0.4 is 5.56 Å². The van der Waals surface area contributed by atoms with Gasteiger partial charge in [0.05, 0.1) is 5.69 Å². The monoisotopic (exact) mass is 262 g/mol. The molecule has 5 nitrogen and oxygen atoms in total. The van der Waals surface area contributed by atoms with E-state index < -0.39 is 0 Å². The van der Waals surface area contributed by atoms with Gasteiger partial charge in [-0.25, -0.2) is 4.98 Å². The van der Waals surface area contributed by atoms with Crippen molar-refractivity contribution in [1.82, 2.24) is 20.2 Å². The van der Waals surface area contributed by atoms with Gasteiger partial charge in [0.15, 0.2) is 5.52 Å². The third kappa shape index (κ3) is 3.03. The lowest BCUT2D eigenvalue weighted by Crippen LogP contribution is -2.14. The summed E-state index contributed by atoms with van der Waals surface area (Å²) in [5, 5.41) is 7.03. The Hall–Kier alpha value is -1.65. The van der Waals surface area contributed by atoms with E-state index in [1.54, 1.807) is 0 Å². The lowest BCUT2D eigenvalue weighted by Gasteiger charge is -2.07. The molecule has 0 aliphatic rings. The number of aromatic nitrogens is 4. The van der Waals surface area contributed by atoms with Crippen molar-refractivity contribution in [3.8, 4) is 0 Å². The van der Waals surface area contributed by atoms with Crippen molar-refractivity contribution in [2.24, 2.45) is 11.8 Å². The smallest absolute Gasteiger partial charge is 0.279 e. The number of H-pyrrole nitrogens is 2. The molecule has 0 saturated heterocycles. The molecule has 0 radical (unpaired) electrons. The van der Waals surface area contributed by atoms with Crippen molar-refractivity contribution in [1.29, 1.82) is 0 Å². The lowest BCUT2D eigenvalue weighted by atomic mass is 10.0. The van der Waals surface area contributed by atoms with Crippen molar-refractivity contribution in [2.45, 2.75) is 47.0 Å². The molecule has 5 heteroatoms. The van der Waals surface area contributed by atoms with Crippen molar-refractivity contribution < 1.29 is 0 Å². The van der Waals surface area contributed by atoms with Crippen molar-refractivity contribution in [2.75, 3.05) is 0 Å². The first-order valence-electron chi connectivity index (χ1n) is 6.97. The summed E-state index contributed by atoms with van der Waals surface area (Å²) < 4.78 is 0. The zero-order chi connectivity index (χ0) is 14.0. The molecule has 2 N–H and O–H groups in total. The van der Waals surface area contributed by atoms with E-state index in [1.165, 1.54) is 0 Å². The quantitative estimate of drug-likeness (QED) is 0.869. The predicted molar refractivity (Wildman–Crippen MR) is 76.2 cm³/mol. The van der Waals surface area contributed by atoms with Gasteiger partial charge in [0, 0.05) is 6.42 Å². The van der Waals surface area contributed by atoms with E-state index in [-0.39, 0.29) is 5.56 Å². The minimum absolute atomic E-state index is 0.144. The number of nitrogens with zero attached hydrogens (tertiary/aromatic N) is 2. The maximum absolute atomic E-state index is 12.0. The van der Waals surface area contributed by atoms with Crippen molar-refractivity contribution in [3.63, 3.8) is 0 Å². The summed E-state index contributed by atoms with van der Waals surface area (Å²) in [6.45, 7) is 8.58. The fourth-order valence-corrected chi connectivity index (χ4v) is 2.13. The SMILES string of the molecule is CCC(C)Cc1nc2c(CC(C)C)[nH]nc2c(=O)[nH]1. The van der Waals surface area contributed by atoms with Gasteiger partial charge >= 0.3 is 0 Å². The van der Waals surface area contributed by atoms with E-state index >= 15 is 0 Å². The highest BCUT2D eigenvalue weighted by atomic mass is 16.1. The van der Waals surface area contributed by atoms with Gasteiger partial charge < -0.3 is 4.98 Å². The molecule has 2 aromatic heterocycles. The molecule has 0 aliphatic heterocycles. The Balaban J connectivity index is 2.44. The average molecular weight is 262 g/mol. The summed E-state index contributed by atoms with van der Waals surface area (Å²) in [5.74, 6) is 1.78. The van der Waals surface area contributed by atoms with E-state index in [2.05, 4.69) is 47.9 Å². The fraction of sp³-hybridized carbons (Fsp3) is 0.643. The topological polar surface area (TPSA) is 74.4 Å². The number of hydrogen-bond donors (Lipinski definition) is 2. The second kappa shape index (κ2) is 5.55. The highest BCUT2D eigenvalue weighted by Gasteiger charge is 2.14. The van der Waals surface area contributed by atoms with Crippen LogP contribution in [0.5, 0.6) is 0 Å². The number of aromatic amines is 2. The van der Waals surface area contributed by atoms with E-state index in [0.717, 1.165) is 36.3 Å². The first-order valence-corrected chi connectivity index (χ1v) is 6.97. The van der Waals surface area contributed by atoms with Gasteiger partial charge in [-0.05, 0) is 18.3 Å². The van der Waals surface area contributed by atoms with Gasteiger partial charge in [0.25, 0.3) is 5.56 Å². The van der Waals surface area contributed by atoms with E-state index in [9.17, 15) is 4.79 Å². The highest BCUT2D eigenvalue weighted by Crippen LogP contribution is 2.15. The highest BCUT2D eigenvalue weighted by molar-refractivity contribution is 5.75. The molecule has 2 aromatic rings. The van der Waals surface area contributed by atoms with Crippen molar-refractivity contribution >= 4 is 11.0 Å². The van der Waals surface area contributed by atoms with Crippen LogP contribution in [-0.2, 0) is 12.8 Å². The third-order valence-electron chi connectivity index (χ3n) is 3.38. The molecule has 0 spiro atoms. The van der Waals surface area contributed by atoms with E-state index in [1.807, 2.05) is 0 Å². The fourth-order valence-electron chi connectivity index (χ4n) is 2.13. The Morgan fingerprint density at radius 1 is 1.16 bits per heavy atom. The summed E-state index contributed by atoms with van der Waals surface area (Å²) in [6, 6.07) is 0. The molecule has 0 bridgehead atoms. The third-order valence-corrected chi connectivity index (χ3v) is 3.38. The Morgan fingerprint density at radius 3 is 2.53 bits per heavy atom. The summed E-state index contributed by atoms with van der Waals surface area (Å²) in [4.78, 5) is 19.4. The van der Waals surface area contributed by atoms with Crippen molar-refractivity contribution in [3.05, 3.63) is 21.9 Å². The van der Waals surface area contributed by atoms with Crippen LogP contribution in [0.25, 0.3) is 11.0 Å². The second-order valence-electron chi connectivity index (χ2n) is 5.73. The maximum atomic E-state index is 12.0. The molecule has 0 fully saturated rings. The van der Waals surface area contributed by atoms with Crippen LogP contribution in [0.3, 0.4) is 0 Å². The molecule has 2 rings (SSSR count). The zero-order valence-corrected chi connectivity index (χ0v) is 12.1. The van der Waals surface area contributed by atoms with Crippen LogP contribution in [0.2, 0.25) is 0 Å². The molecule has 0 amide bonds. The molecule has 2 heterocycles. The van der Waals surface area contributed by atoms with Gasteiger partial charge in [-0.1, -0.05) is 34.1 Å². The van der Waals surface area contributed by atoms with E-state index in [0.29, 0.717) is 17.4 Å². The summed E-state index contributed by atoms with van der Waals surface area (Å²) in [5.41, 5.74) is 1.97. The summed E-state index contributed by atoms with van der Waals surface area (Å²) in [6.07, 6.45) is 2.73. The lowest BCUT2D eigenvalue weighted by molar-refractivity contribution is 0.543. The molecular weight excluding hydrogens is 240 g/mol.